The summed E-state index contributed by atoms with van der Waals surface area (Å²) in [7, 11) is 0. The molecule has 1 aliphatic carbocycles. The maximum atomic E-state index is 13.0. The lowest BCUT2D eigenvalue weighted by atomic mass is 9.94. The number of pyridine rings is 1. The Morgan fingerprint density at radius 3 is 2.61 bits per heavy atom. The zero-order chi connectivity index (χ0) is 23.2. The van der Waals surface area contributed by atoms with E-state index in [-0.39, 0.29) is 18.1 Å². The number of amides is 2. The van der Waals surface area contributed by atoms with Gasteiger partial charge in [-0.25, -0.2) is 9.97 Å². The minimum atomic E-state index is -0.475. The first kappa shape index (κ1) is 23.1. The number of benzene rings is 1. The number of thiazole rings is 1. The Morgan fingerprint density at radius 1 is 1.06 bits per heavy atom. The second-order valence-electron chi connectivity index (χ2n) is 7.92. The topological polar surface area (TPSA) is 101 Å². The van der Waals surface area contributed by atoms with E-state index in [9.17, 15) is 14.4 Å². The molecule has 0 atom stereocenters. The number of nitrogens with one attached hydrogen (secondary N) is 2. The number of nitrogens with zero attached hydrogens (tertiary/aromatic N) is 2. The molecular weight excluding hydrogens is 456 g/mol. The van der Waals surface area contributed by atoms with Crippen molar-refractivity contribution in [3.05, 3.63) is 59.9 Å². The molecule has 170 valence electrons. The van der Waals surface area contributed by atoms with Crippen LogP contribution in [0.3, 0.4) is 0 Å². The third-order valence-corrected chi connectivity index (χ3v) is 7.30. The fraction of sp³-hybridized carbons (Fsp3) is 0.292. The normalized spacial score (nSPS) is 13.6. The number of aryl methyl sites for hydroxylation is 1. The van der Waals surface area contributed by atoms with Crippen LogP contribution in [-0.4, -0.2) is 27.6 Å². The number of Topliss-reactive ketones (excluding diaryl/α,β-unsaturated/α-hetero) is 1. The minimum Gasteiger partial charge on any atom is -0.325 e. The van der Waals surface area contributed by atoms with Gasteiger partial charge in [-0.1, -0.05) is 53.6 Å². The molecule has 2 heterocycles. The van der Waals surface area contributed by atoms with E-state index in [0.717, 1.165) is 40.5 Å². The fourth-order valence-electron chi connectivity index (χ4n) is 3.76. The molecule has 0 spiro atoms. The van der Waals surface area contributed by atoms with Gasteiger partial charge < -0.3 is 10.6 Å². The van der Waals surface area contributed by atoms with Gasteiger partial charge in [0.1, 0.15) is 11.4 Å². The molecule has 0 radical (unpaired) electrons. The number of hydrogen-bond donors (Lipinski definition) is 2. The van der Waals surface area contributed by atoms with Gasteiger partial charge in [-0.2, -0.15) is 0 Å². The molecule has 0 saturated heterocycles. The van der Waals surface area contributed by atoms with Crippen molar-refractivity contribution in [3.63, 3.8) is 0 Å². The van der Waals surface area contributed by atoms with Crippen LogP contribution in [-0.2, 0) is 9.59 Å². The van der Waals surface area contributed by atoms with Crippen molar-refractivity contribution < 1.29 is 14.4 Å². The summed E-state index contributed by atoms with van der Waals surface area (Å²) < 4.78 is 0.878. The lowest BCUT2D eigenvalue weighted by molar-refractivity contribution is -0.123. The number of anilines is 2. The summed E-state index contributed by atoms with van der Waals surface area (Å²) in [5, 5.41) is 6.66. The van der Waals surface area contributed by atoms with Gasteiger partial charge in [0.2, 0.25) is 11.8 Å². The Morgan fingerprint density at radius 2 is 1.85 bits per heavy atom. The van der Waals surface area contributed by atoms with Crippen molar-refractivity contribution in [3.8, 4) is 0 Å². The Hall–Kier alpha value is -3.04. The maximum Gasteiger partial charge on any atom is 0.235 e. The quantitative estimate of drug-likeness (QED) is 0.333. The highest BCUT2D eigenvalue weighted by molar-refractivity contribution is 8.01. The summed E-state index contributed by atoms with van der Waals surface area (Å²) in [6.45, 7) is 1.92. The second kappa shape index (κ2) is 10.7. The fourth-order valence-corrected chi connectivity index (χ4v) is 5.55. The van der Waals surface area contributed by atoms with Gasteiger partial charge in [-0.05, 0) is 44.0 Å². The van der Waals surface area contributed by atoms with Crippen molar-refractivity contribution in [2.24, 2.45) is 5.92 Å². The lowest BCUT2D eigenvalue weighted by Crippen LogP contribution is -2.23. The van der Waals surface area contributed by atoms with Crippen molar-refractivity contribution in [2.75, 3.05) is 10.6 Å². The minimum absolute atomic E-state index is 0.00815. The van der Waals surface area contributed by atoms with E-state index in [2.05, 4.69) is 20.6 Å². The first-order valence-electron chi connectivity index (χ1n) is 10.8. The zero-order valence-corrected chi connectivity index (χ0v) is 19.8. The van der Waals surface area contributed by atoms with E-state index in [1.807, 2.05) is 37.3 Å². The van der Waals surface area contributed by atoms with E-state index in [1.165, 1.54) is 23.1 Å². The SMILES string of the molecule is Cc1ccc(NC(=O)CC(=O)Nc2ncc(Sc3ccccn3)s2)c(C(=O)C2CCCC2)c1. The standard InChI is InChI=1S/C24H24N4O3S2/c1-15-9-10-18(17(12-15)23(31)16-6-2-3-7-16)27-19(29)13-20(30)28-24-26-14-22(33-24)32-21-8-4-5-11-25-21/h4-5,8-12,14,16H,2-3,6-7,13H2,1H3,(H,27,29)(H,26,28,30). The predicted octanol–water partition coefficient (Wildman–Crippen LogP) is 5.34. The molecule has 0 aliphatic heterocycles. The molecule has 3 aromatic rings. The molecule has 1 saturated carbocycles. The average molecular weight is 481 g/mol. The monoisotopic (exact) mass is 480 g/mol. The van der Waals surface area contributed by atoms with Crippen LogP contribution < -0.4 is 10.6 Å². The molecule has 0 unspecified atom stereocenters. The van der Waals surface area contributed by atoms with Crippen molar-refractivity contribution >= 4 is 51.5 Å². The third kappa shape index (κ3) is 6.27. The van der Waals surface area contributed by atoms with E-state index < -0.39 is 11.8 Å². The Balaban J connectivity index is 1.34. The molecule has 4 rings (SSSR count). The molecule has 1 aliphatic rings. The Bertz CT molecular complexity index is 1160. The number of aromatic nitrogens is 2. The summed E-state index contributed by atoms with van der Waals surface area (Å²) in [5.74, 6) is -0.867. The number of rotatable bonds is 8. The molecule has 2 aromatic heterocycles. The molecule has 2 amide bonds. The van der Waals surface area contributed by atoms with Gasteiger partial charge >= 0.3 is 0 Å². The van der Waals surface area contributed by atoms with E-state index in [4.69, 9.17) is 0 Å². The smallest absolute Gasteiger partial charge is 0.235 e. The summed E-state index contributed by atoms with van der Waals surface area (Å²) in [6.07, 6.45) is 6.89. The third-order valence-electron chi connectivity index (χ3n) is 5.34. The van der Waals surface area contributed by atoms with Gasteiger partial charge in [0.15, 0.2) is 10.9 Å². The summed E-state index contributed by atoms with van der Waals surface area (Å²) in [6, 6.07) is 11.0. The van der Waals surface area contributed by atoms with Gasteiger partial charge in [0, 0.05) is 17.7 Å². The van der Waals surface area contributed by atoms with Crippen LogP contribution in [0.15, 0.2) is 58.0 Å². The van der Waals surface area contributed by atoms with E-state index in [1.54, 1.807) is 18.5 Å². The number of carbonyl (C=O) groups excluding carboxylic acids is 3. The van der Waals surface area contributed by atoms with Crippen LogP contribution in [0, 0.1) is 12.8 Å². The molecule has 7 nitrogen and oxygen atoms in total. The summed E-state index contributed by atoms with van der Waals surface area (Å²) in [5.41, 5.74) is 1.93. The highest BCUT2D eigenvalue weighted by Gasteiger charge is 2.26. The van der Waals surface area contributed by atoms with E-state index >= 15 is 0 Å². The van der Waals surface area contributed by atoms with Crippen molar-refractivity contribution in [1.29, 1.82) is 0 Å². The summed E-state index contributed by atoms with van der Waals surface area (Å²) in [4.78, 5) is 46.3. The van der Waals surface area contributed by atoms with Gasteiger partial charge in [-0.3, -0.25) is 14.4 Å². The van der Waals surface area contributed by atoms with Crippen LogP contribution in [0.4, 0.5) is 10.8 Å². The van der Waals surface area contributed by atoms with Crippen LogP contribution in [0.5, 0.6) is 0 Å². The molecule has 1 aromatic carbocycles. The molecular formula is C24H24N4O3S2. The highest BCUT2D eigenvalue weighted by Crippen LogP contribution is 2.33. The second-order valence-corrected chi connectivity index (χ2v) is 10.3. The lowest BCUT2D eigenvalue weighted by Gasteiger charge is -2.14. The van der Waals surface area contributed by atoms with E-state index in [0.29, 0.717) is 16.4 Å². The Kier molecular flexibility index (Phi) is 7.51. The maximum absolute atomic E-state index is 13.0. The van der Waals surface area contributed by atoms with Crippen LogP contribution in [0.25, 0.3) is 0 Å². The van der Waals surface area contributed by atoms with Gasteiger partial charge in [0.25, 0.3) is 0 Å². The molecule has 1 fully saturated rings. The number of carbonyl (C=O) groups is 3. The summed E-state index contributed by atoms with van der Waals surface area (Å²) >= 11 is 2.76. The largest absolute Gasteiger partial charge is 0.325 e. The Labute approximate surface area is 200 Å². The molecule has 0 bridgehead atoms. The highest BCUT2D eigenvalue weighted by atomic mass is 32.2. The predicted molar refractivity (Wildman–Crippen MR) is 130 cm³/mol. The molecule has 33 heavy (non-hydrogen) atoms. The number of ketones is 1. The molecule has 9 heteroatoms. The first-order valence-corrected chi connectivity index (χ1v) is 12.4. The van der Waals surface area contributed by atoms with Crippen LogP contribution in [0.2, 0.25) is 0 Å². The first-order chi connectivity index (χ1) is 16.0. The molecule has 2 N–H and O–H groups in total. The number of hydrogen-bond acceptors (Lipinski definition) is 7. The van der Waals surface area contributed by atoms with Crippen molar-refractivity contribution in [1.82, 2.24) is 9.97 Å². The van der Waals surface area contributed by atoms with Gasteiger partial charge in [0.05, 0.1) is 16.1 Å². The van der Waals surface area contributed by atoms with Crippen LogP contribution >= 0.6 is 23.1 Å². The van der Waals surface area contributed by atoms with Crippen molar-refractivity contribution in [2.45, 2.75) is 48.3 Å². The van der Waals surface area contributed by atoms with Gasteiger partial charge in [-0.15, -0.1) is 0 Å². The average Bonchev–Trinajstić information content (AvgIpc) is 3.47. The zero-order valence-electron chi connectivity index (χ0n) is 18.2. The van der Waals surface area contributed by atoms with Crippen LogP contribution in [0.1, 0.15) is 48.0 Å².